The first-order chi connectivity index (χ1) is 22.8. The van der Waals surface area contributed by atoms with Gasteiger partial charge in [0, 0.05) is 21.5 Å². The van der Waals surface area contributed by atoms with Gasteiger partial charge in [0.25, 0.3) is 0 Å². The Morgan fingerprint density at radius 3 is 1.78 bits per heavy atom. The lowest BCUT2D eigenvalue weighted by atomic mass is 9.86. The molecule has 2 aromatic heterocycles. The molecular formula is C44H24O2. The van der Waals surface area contributed by atoms with Crippen molar-refractivity contribution in [3.05, 3.63) is 146 Å². The van der Waals surface area contributed by atoms with Crippen molar-refractivity contribution in [3.63, 3.8) is 0 Å². The highest BCUT2D eigenvalue weighted by atomic mass is 16.3. The van der Waals surface area contributed by atoms with Crippen LogP contribution in [0.2, 0.25) is 0 Å². The van der Waals surface area contributed by atoms with Gasteiger partial charge in [0.15, 0.2) is 0 Å². The van der Waals surface area contributed by atoms with Crippen molar-refractivity contribution in [3.8, 4) is 22.3 Å². The van der Waals surface area contributed by atoms with E-state index in [9.17, 15) is 0 Å². The summed E-state index contributed by atoms with van der Waals surface area (Å²) < 4.78 is 12.6. The van der Waals surface area contributed by atoms with Crippen LogP contribution in [0.15, 0.2) is 154 Å². The number of furan rings is 2. The monoisotopic (exact) mass is 584 g/mol. The van der Waals surface area contributed by atoms with Crippen molar-refractivity contribution in [2.75, 3.05) is 0 Å². The summed E-state index contributed by atoms with van der Waals surface area (Å²) >= 11 is 0. The topological polar surface area (TPSA) is 26.3 Å². The Morgan fingerprint density at radius 1 is 0.283 bits per heavy atom. The van der Waals surface area contributed by atoms with Gasteiger partial charge in [0.05, 0.1) is 0 Å². The lowest BCUT2D eigenvalue weighted by Gasteiger charge is -2.17. The highest BCUT2D eigenvalue weighted by molar-refractivity contribution is 6.29. The molecule has 0 aliphatic heterocycles. The van der Waals surface area contributed by atoms with Gasteiger partial charge in [-0.25, -0.2) is 0 Å². The van der Waals surface area contributed by atoms with Crippen molar-refractivity contribution >= 4 is 87.0 Å². The fourth-order valence-electron chi connectivity index (χ4n) is 7.92. The number of rotatable bonds is 2. The van der Waals surface area contributed by atoms with Crippen LogP contribution in [0.5, 0.6) is 0 Å². The summed E-state index contributed by atoms with van der Waals surface area (Å²) in [5, 5.41) is 14.7. The van der Waals surface area contributed by atoms with E-state index in [4.69, 9.17) is 8.83 Å². The van der Waals surface area contributed by atoms with Crippen LogP contribution in [-0.2, 0) is 0 Å². The number of fused-ring (bicyclic) bond motifs is 7. The van der Waals surface area contributed by atoms with Crippen LogP contribution in [0.25, 0.3) is 109 Å². The molecule has 46 heavy (non-hydrogen) atoms. The summed E-state index contributed by atoms with van der Waals surface area (Å²) in [5.74, 6) is 0. The van der Waals surface area contributed by atoms with Gasteiger partial charge in [-0.3, -0.25) is 0 Å². The maximum Gasteiger partial charge on any atom is 0.136 e. The van der Waals surface area contributed by atoms with E-state index < -0.39 is 0 Å². The lowest BCUT2D eigenvalue weighted by Crippen LogP contribution is -1.90. The zero-order valence-electron chi connectivity index (χ0n) is 24.7. The van der Waals surface area contributed by atoms with Crippen LogP contribution >= 0.6 is 0 Å². The Labute approximate surface area is 263 Å². The first-order valence-corrected chi connectivity index (χ1v) is 15.8. The zero-order valence-corrected chi connectivity index (χ0v) is 24.7. The third kappa shape index (κ3) is 3.20. The first kappa shape index (κ1) is 24.2. The number of hydrogen-bond donors (Lipinski definition) is 0. The van der Waals surface area contributed by atoms with Crippen LogP contribution in [0.3, 0.4) is 0 Å². The van der Waals surface area contributed by atoms with Gasteiger partial charge >= 0.3 is 0 Å². The fraction of sp³-hybridized carbons (Fsp3) is 0. The summed E-state index contributed by atoms with van der Waals surface area (Å²) in [6, 6.07) is 52.6. The normalized spacial score (nSPS) is 12.3. The molecule has 0 bridgehead atoms. The minimum atomic E-state index is 0.915. The largest absolute Gasteiger partial charge is 0.456 e. The van der Waals surface area contributed by atoms with E-state index in [1.807, 2.05) is 12.1 Å². The van der Waals surface area contributed by atoms with Crippen LogP contribution in [0.1, 0.15) is 0 Å². The molecule has 0 N–H and O–H groups in total. The van der Waals surface area contributed by atoms with E-state index in [1.165, 1.54) is 70.7 Å². The molecule has 11 rings (SSSR count). The third-order valence-corrected chi connectivity index (χ3v) is 10.0. The highest BCUT2D eigenvalue weighted by Crippen LogP contribution is 2.45. The molecule has 9 aromatic carbocycles. The molecule has 0 unspecified atom stereocenters. The maximum absolute atomic E-state index is 6.46. The van der Waals surface area contributed by atoms with Gasteiger partial charge in [0.1, 0.15) is 22.3 Å². The Bertz CT molecular complexity index is 3030. The van der Waals surface area contributed by atoms with E-state index in [-0.39, 0.29) is 0 Å². The molecule has 0 fully saturated rings. The van der Waals surface area contributed by atoms with Gasteiger partial charge in [-0.15, -0.1) is 0 Å². The molecule has 0 atom stereocenters. The van der Waals surface area contributed by atoms with Crippen LogP contribution in [0.4, 0.5) is 0 Å². The molecule has 0 aliphatic carbocycles. The average molecular weight is 585 g/mol. The van der Waals surface area contributed by atoms with Gasteiger partial charge < -0.3 is 8.83 Å². The highest BCUT2D eigenvalue weighted by Gasteiger charge is 2.19. The van der Waals surface area contributed by atoms with Crippen molar-refractivity contribution in [1.29, 1.82) is 0 Å². The standard InChI is InChI=1S/C44H24O2/c1-2-7-28-24-41-37(22-27(28)6-1)44-33(9-5-11-40(44)46-41)31-18-13-26-14-19-34-30(17-12-25-15-20-35(31)43(26)42(25)34)29-16-21-39-36(23-29)32-8-3-4-10-38(32)45-39/h1-24H. The zero-order chi connectivity index (χ0) is 29.9. The Balaban J connectivity index is 1.19. The van der Waals surface area contributed by atoms with Crippen molar-refractivity contribution in [1.82, 2.24) is 0 Å². The van der Waals surface area contributed by atoms with Crippen LogP contribution < -0.4 is 0 Å². The predicted molar refractivity (Wildman–Crippen MR) is 193 cm³/mol. The molecule has 0 amide bonds. The fourth-order valence-corrected chi connectivity index (χ4v) is 7.92. The molecule has 0 spiro atoms. The maximum atomic E-state index is 6.46. The minimum Gasteiger partial charge on any atom is -0.456 e. The second kappa shape index (κ2) is 8.74. The summed E-state index contributed by atoms with van der Waals surface area (Å²) in [5.41, 5.74) is 8.52. The molecule has 11 aromatic rings. The van der Waals surface area contributed by atoms with Gasteiger partial charge in [-0.1, -0.05) is 109 Å². The van der Waals surface area contributed by atoms with Gasteiger partial charge in [-0.2, -0.15) is 0 Å². The number of hydrogen-bond acceptors (Lipinski definition) is 2. The summed E-state index contributed by atoms with van der Waals surface area (Å²) in [6.45, 7) is 0. The Hall–Kier alpha value is -6.12. The van der Waals surface area contributed by atoms with Crippen LogP contribution in [-0.4, -0.2) is 0 Å². The molecule has 2 heteroatoms. The van der Waals surface area contributed by atoms with E-state index in [1.54, 1.807) is 0 Å². The number of benzene rings is 9. The van der Waals surface area contributed by atoms with Gasteiger partial charge in [0.2, 0.25) is 0 Å². The molecule has 0 radical (unpaired) electrons. The molecule has 0 saturated heterocycles. The van der Waals surface area contributed by atoms with Crippen LogP contribution in [0, 0.1) is 0 Å². The Kier molecular flexibility index (Phi) is 4.61. The Morgan fingerprint density at radius 2 is 0.935 bits per heavy atom. The minimum absolute atomic E-state index is 0.915. The van der Waals surface area contributed by atoms with Crippen molar-refractivity contribution < 1.29 is 8.83 Å². The lowest BCUT2D eigenvalue weighted by molar-refractivity contribution is 0.669. The quantitative estimate of drug-likeness (QED) is 0.189. The molecule has 212 valence electrons. The van der Waals surface area contributed by atoms with Crippen molar-refractivity contribution in [2.24, 2.45) is 0 Å². The summed E-state index contributed by atoms with van der Waals surface area (Å²) in [7, 11) is 0. The summed E-state index contributed by atoms with van der Waals surface area (Å²) in [6.07, 6.45) is 0. The molecule has 0 saturated carbocycles. The third-order valence-electron chi connectivity index (χ3n) is 10.0. The van der Waals surface area contributed by atoms with E-state index in [0.717, 1.165) is 38.5 Å². The van der Waals surface area contributed by atoms with Gasteiger partial charge in [-0.05, 0) is 102 Å². The second-order valence-electron chi connectivity index (χ2n) is 12.4. The molecular weight excluding hydrogens is 560 g/mol. The second-order valence-corrected chi connectivity index (χ2v) is 12.4. The number of para-hydroxylation sites is 1. The summed E-state index contributed by atoms with van der Waals surface area (Å²) in [4.78, 5) is 0. The molecule has 2 heterocycles. The van der Waals surface area contributed by atoms with Crippen molar-refractivity contribution in [2.45, 2.75) is 0 Å². The molecule has 0 aliphatic rings. The average Bonchev–Trinajstić information content (AvgIpc) is 3.67. The molecule has 2 nitrogen and oxygen atoms in total. The van der Waals surface area contributed by atoms with E-state index in [0.29, 0.717) is 0 Å². The first-order valence-electron chi connectivity index (χ1n) is 15.8. The SMILES string of the molecule is c1ccc2cc3c(cc2c1)oc1cccc(-c2ccc4ccc5c(-c6ccc7oc8ccccc8c7c6)ccc6ccc2c4c65)c13. The van der Waals surface area contributed by atoms with E-state index >= 15 is 0 Å². The van der Waals surface area contributed by atoms with E-state index in [2.05, 4.69) is 133 Å². The predicted octanol–water partition coefficient (Wildman–Crippen LogP) is 12.9. The smallest absolute Gasteiger partial charge is 0.136 e.